The summed E-state index contributed by atoms with van der Waals surface area (Å²) < 4.78 is 1.75. The molecule has 6 nitrogen and oxygen atoms in total. The lowest BCUT2D eigenvalue weighted by Gasteiger charge is -2.36. The third kappa shape index (κ3) is 4.41. The molecule has 1 aromatic heterocycles. The fourth-order valence-electron chi connectivity index (χ4n) is 4.25. The van der Waals surface area contributed by atoms with Crippen LogP contribution in [-0.2, 0) is 17.8 Å². The highest BCUT2D eigenvalue weighted by molar-refractivity contribution is 6.11. The number of anilines is 2. The number of carbonyl (C=O) groups is 2. The zero-order valence-electron chi connectivity index (χ0n) is 18.1. The van der Waals surface area contributed by atoms with Crippen molar-refractivity contribution in [1.29, 1.82) is 0 Å². The fourth-order valence-corrected chi connectivity index (χ4v) is 4.25. The molecule has 0 saturated heterocycles. The van der Waals surface area contributed by atoms with E-state index in [2.05, 4.69) is 10.4 Å². The first-order chi connectivity index (χ1) is 16.2. The van der Waals surface area contributed by atoms with Crippen molar-refractivity contribution >= 4 is 23.2 Å². The van der Waals surface area contributed by atoms with Gasteiger partial charge in [0.15, 0.2) is 5.69 Å². The van der Waals surface area contributed by atoms with Gasteiger partial charge in [0.05, 0.1) is 6.54 Å². The van der Waals surface area contributed by atoms with E-state index >= 15 is 0 Å². The first kappa shape index (κ1) is 20.7. The molecule has 1 aliphatic heterocycles. The lowest BCUT2D eigenvalue weighted by atomic mass is 9.94. The Bertz CT molecular complexity index is 1270. The van der Waals surface area contributed by atoms with Gasteiger partial charge in [-0.1, -0.05) is 66.7 Å². The first-order valence-electron chi connectivity index (χ1n) is 11.0. The molecule has 6 heteroatoms. The predicted molar refractivity (Wildman–Crippen MR) is 128 cm³/mol. The van der Waals surface area contributed by atoms with Crippen LogP contribution >= 0.6 is 0 Å². The summed E-state index contributed by atoms with van der Waals surface area (Å²) in [5, 5.41) is 7.48. The molecule has 0 bridgehead atoms. The van der Waals surface area contributed by atoms with Gasteiger partial charge in [-0.2, -0.15) is 5.10 Å². The highest BCUT2D eigenvalue weighted by Gasteiger charge is 2.36. The molecule has 4 aromatic rings. The van der Waals surface area contributed by atoms with Crippen LogP contribution in [0.2, 0.25) is 0 Å². The number of aryl methyl sites for hydroxylation is 1. The highest BCUT2D eigenvalue weighted by atomic mass is 16.2. The maximum absolute atomic E-state index is 13.7. The third-order valence-electron chi connectivity index (χ3n) is 5.86. The van der Waals surface area contributed by atoms with Gasteiger partial charge in [-0.25, -0.2) is 0 Å². The van der Waals surface area contributed by atoms with Gasteiger partial charge < -0.3 is 5.32 Å². The minimum Gasteiger partial charge on any atom is -0.324 e. The monoisotopic (exact) mass is 436 g/mol. The Hall–Kier alpha value is -4.19. The van der Waals surface area contributed by atoms with Crippen LogP contribution in [0, 0.1) is 0 Å². The number of para-hydroxylation sites is 2. The molecule has 33 heavy (non-hydrogen) atoms. The Morgan fingerprint density at radius 1 is 0.879 bits per heavy atom. The van der Waals surface area contributed by atoms with Gasteiger partial charge in [-0.15, -0.1) is 0 Å². The van der Waals surface area contributed by atoms with Crippen LogP contribution in [0.1, 0.15) is 28.0 Å². The SMILES string of the molecule is O=C(Nc1ccccc1)C1CCc2ccccc2N1C(=O)c1ccn(Cc2ccccc2)n1. The highest BCUT2D eigenvalue weighted by Crippen LogP contribution is 2.32. The van der Waals surface area contributed by atoms with Crippen LogP contribution in [0.4, 0.5) is 11.4 Å². The van der Waals surface area contributed by atoms with E-state index in [1.54, 1.807) is 21.8 Å². The maximum atomic E-state index is 13.7. The molecule has 2 heterocycles. The average Bonchev–Trinajstić information content (AvgIpc) is 3.32. The van der Waals surface area contributed by atoms with E-state index in [4.69, 9.17) is 0 Å². The van der Waals surface area contributed by atoms with E-state index in [1.807, 2.05) is 84.9 Å². The quantitative estimate of drug-likeness (QED) is 0.500. The topological polar surface area (TPSA) is 67.2 Å². The molecule has 0 fully saturated rings. The van der Waals surface area contributed by atoms with Gasteiger partial charge in [-0.05, 0) is 48.2 Å². The minimum atomic E-state index is -0.619. The molecule has 0 aliphatic carbocycles. The third-order valence-corrected chi connectivity index (χ3v) is 5.86. The van der Waals surface area contributed by atoms with Gasteiger partial charge in [0, 0.05) is 17.6 Å². The Kier molecular flexibility index (Phi) is 5.72. The first-order valence-corrected chi connectivity index (χ1v) is 11.0. The number of benzene rings is 3. The van der Waals surface area contributed by atoms with E-state index in [1.165, 1.54) is 0 Å². The number of nitrogens with one attached hydrogen (secondary N) is 1. The summed E-state index contributed by atoms with van der Waals surface area (Å²) in [4.78, 5) is 28.5. The molecule has 0 radical (unpaired) electrons. The second-order valence-corrected chi connectivity index (χ2v) is 8.10. The van der Waals surface area contributed by atoms with Crippen molar-refractivity contribution in [3.05, 3.63) is 114 Å². The van der Waals surface area contributed by atoms with Crippen LogP contribution in [0.5, 0.6) is 0 Å². The Labute approximate surface area is 192 Å². The zero-order chi connectivity index (χ0) is 22.6. The lowest BCUT2D eigenvalue weighted by Crippen LogP contribution is -2.50. The second-order valence-electron chi connectivity index (χ2n) is 8.10. The van der Waals surface area contributed by atoms with E-state index in [9.17, 15) is 9.59 Å². The second kappa shape index (κ2) is 9.12. The van der Waals surface area contributed by atoms with E-state index in [0.717, 1.165) is 23.2 Å². The number of rotatable bonds is 5. The van der Waals surface area contributed by atoms with Gasteiger partial charge in [-0.3, -0.25) is 19.2 Å². The number of hydrogen-bond donors (Lipinski definition) is 1. The molecule has 5 rings (SSSR count). The Morgan fingerprint density at radius 2 is 1.58 bits per heavy atom. The lowest BCUT2D eigenvalue weighted by molar-refractivity contribution is -0.117. The normalized spacial score (nSPS) is 15.0. The number of fused-ring (bicyclic) bond motifs is 1. The Morgan fingerprint density at radius 3 is 2.36 bits per heavy atom. The van der Waals surface area contributed by atoms with Crippen LogP contribution in [0.15, 0.2) is 97.2 Å². The van der Waals surface area contributed by atoms with Crippen LogP contribution < -0.4 is 10.2 Å². The zero-order valence-corrected chi connectivity index (χ0v) is 18.1. The van der Waals surface area contributed by atoms with E-state index in [0.29, 0.717) is 24.3 Å². The van der Waals surface area contributed by atoms with Crippen molar-refractivity contribution in [2.24, 2.45) is 0 Å². The molecule has 164 valence electrons. The molecule has 0 saturated carbocycles. The van der Waals surface area contributed by atoms with Crippen molar-refractivity contribution < 1.29 is 9.59 Å². The number of nitrogens with zero attached hydrogens (tertiary/aromatic N) is 3. The molecule has 2 amide bonds. The molecule has 1 atom stereocenters. The fraction of sp³-hybridized carbons (Fsp3) is 0.148. The Balaban J connectivity index is 1.43. The summed E-state index contributed by atoms with van der Waals surface area (Å²) in [6.45, 7) is 0.572. The summed E-state index contributed by atoms with van der Waals surface area (Å²) in [7, 11) is 0. The molecular weight excluding hydrogens is 412 g/mol. The smallest absolute Gasteiger partial charge is 0.279 e. The van der Waals surface area contributed by atoms with Gasteiger partial charge in [0.2, 0.25) is 5.91 Å². The van der Waals surface area contributed by atoms with Crippen molar-refractivity contribution in [2.75, 3.05) is 10.2 Å². The molecule has 1 N–H and O–H groups in total. The van der Waals surface area contributed by atoms with Gasteiger partial charge in [0.25, 0.3) is 5.91 Å². The van der Waals surface area contributed by atoms with Crippen LogP contribution in [0.25, 0.3) is 0 Å². The van der Waals surface area contributed by atoms with Crippen molar-refractivity contribution in [1.82, 2.24) is 9.78 Å². The van der Waals surface area contributed by atoms with Crippen molar-refractivity contribution in [3.63, 3.8) is 0 Å². The van der Waals surface area contributed by atoms with Gasteiger partial charge in [0.1, 0.15) is 6.04 Å². The van der Waals surface area contributed by atoms with Crippen LogP contribution in [0.3, 0.4) is 0 Å². The summed E-state index contributed by atoms with van der Waals surface area (Å²) in [5.74, 6) is -0.477. The minimum absolute atomic E-state index is 0.201. The number of amides is 2. The van der Waals surface area contributed by atoms with Gasteiger partial charge >= 0.3 is 0 Å². The molecule has 3 aromatic carbocycles. The largest absolute Gasteiger partial charge is 0.324 e. The molecular formula is C27H24N4O2. The molecule has 1 aliphatic rings. The number of carbonyl (C=O) groups excluding carboxylic acids is 2. The number of aromatic nitrogens is 2. The predicted octanol–water partition coefficient (Wildman–Crippen LogP) is 4.53. The maximum Gasteiger partial charge on any atom is 0.279 e. The van der Waals surface area contributed by atoms with Crippen LogP contribution in [-0.4, -0.2) is 27.6 Å². The summed E-state index contributed by atoms with van der Waals surface area (Å²) >= 11 is 0. The van der Waals surface area contributed by atoms with Crippen molar-refractivity contribution in [2.45, 2.75) is 25.4 Å². The summed E-state index contributed by atoms with van der Waals surface area (Å²) in [6.07, 6.45) is 3.08. The molecule has 1 unspecified atom stereocenters. The van der Waals surface area contributed by atoms with E-state index in [-0.39, 0.29) is 11.8 Å². The van der Waals surface area contributed by atoms with E-state index < -0.39 is 6.04 Å². The van der Waals surface area contributed by atoms with Crippen molar-refractivity contribution in [3.8, 4) is 0 Å². The standard InChI is InChI=1S/C27H24N4O2/c32-26(28-22-12-5-2-6-13-22)25-16-15-21-11-7-8-14-24(21)31(25)27(33)23-17-18-30(29-23)19-20-9-3-1-4-10-20/h1-14,17-18,25H,15-16,19H2,(H,28,32). The number of hydrogen-bond acceptors (Lipinski definition) is 3. The average molecular weight is 437 g/mol. The summed E-state index contributed by atoms with van der Waals surface area (Å²) in [6, 6.07) is 28.1. The molecule has 0 spiro atoms. The summed E-state index contributed by atoms with van der Waals surface area (Å²) in [5.41, 5.74) is 3.95.